The number of rotatable bonds is 8. The molecule has 0 bridgehead atoms. The molecule has 3 N–H and O–H groups in total. The first kappa shape index (κ1) is 17.5. The third kappa shape index (κ3) is 6.17. The van der Waals surface area contributed by atoms with Crippen LogP contribution in [0.5, 0.6) is 5.75 Å². The van der Waals surface area contributed by atoms with Crippen molar-refractivity contribution in [2.24, 2.45) is 11.1 Å². The molecule has 1 rings (SSSR count). The van der Waals surface area contributed by atoms with E-state index in [0.717, 1.165) is 24.2 Å². The average Bonchev–Trinajstić information content (AvgIpc) is 2.45. The number of carbonyl (C=O) groups is 1. The van der Waals surface area contributed by atoms with Gasteiger partial charge in [0, 0.05) is 6.42 Å². The van der Waals surface area contributed by atoms with Gasteiger partial charge >= 0.3 is 0 Å². The van der Waals surface area contributed by atoms with Gasteiger partial charge in [0.1, 0.15) is 5.75 Å². The summed E-state index contributed by atoms with van der Waals surface area (Å²) >= 11 is 0. The van der Waals surface area contributed by atoms with Gasteiger partial charge in [-0.15, -0.1) is 0 Å². The molecule has 21 heavy (non-hydrogen) atoms. The van der Waals surface area contributed by atoms with Gasteiger partial charge in [0.2, 0.25) is 5.91 Å². The Labute approximate surface area is 128 Å². The molecule has 0 aliphatic heterocycles. The molecule has 4 nitrogen and oxygen atoms in total. The highest BCUT2D eigenvalue weighted by molar-refractivity contribution is 5.76. The number of methoxy groups -OCH3 is 1. The Hall–Kier alpha value is -1.55. The van der Waals surface area contributed by atoms with Gasteiger partial charge in [0.05, 0.1) is 13.2 Å². The predicted molar refractivity (Wildman–Crippen MR) is 86.2 cm³/mol. The van der Waals surface area contributed by atoms with Crippen LogP contribution in [0, 0.1) is 5.41 Å². The fourth-order valence-electron chi connectivity index (χ4n) is 2.26. The second kappa shape index (κ2) is 8.03. The van der Waals surface area contributed by atoms with Crippen LogP contribution in [0.25, 0.3) is 0 Å². The number of ether oxygens (including phenoxy) is 1. The minimum absolute atomic E-state index is 0.000951. The van der Waals surface area contributed by atoms with E-state index in [1.807, 2.05) is 31.2 Å². The van der Waals surface area contributed by atoms with E-state index in [9.17, 15) is 4.79 Å². The van der Waals surface area contributed by atoms with Crippen molar-refractivity contribution in [1.82, 2.24) is 5.32 Å². The first-order chi connectivity index (χ1) is 9.88. The van der Waals surface area contributed by atoms with Crippen molar-refractivity contribution in [3.05, 3.63) is 29.8 Å². The lowest BCUT2D eigenvalue weighted by molar-refractivity contribution is -0.122. The topological polar surface area (TPSA) is 64.3 Å². The summed E-state index contributed by atoms with van der Waals surface area (Å²) in [5.74, 6) is 0.907. The number of nitrogens with one attached hydrogen (secondary N) is 1. The summed E-state index contributed by atoms with van der Waals surface area (Å²) in [4.78, 5) is 12.0. The van der Waals surface area contributed by atoms with Crippen LogP contribution in [0.4, 0.5) is 0 Å². The fraction of sp³-hybridized carbons (Fsp3) is 0.588. The Morgan fingerprint density at radius 1 is 1.29 bits per heavy atom. The van der Waals surface area contributed by atoms with Crippen LogP contribution in [0.3, 0.4) is 0 Å². The number of carbonyl (C=O) groups excluding carboxylic acids is 1. The van der Waals surface area contributed by atoms with Crippen LogP contribution in [-0.2, 0) is 4.79 Å². The fourth-order valence-corrected chi connectivity index (χ4v) is 2.26. The maximum Gasteiger partial charge on any atom is 0.220 e. The maximum absolute atomic E-state index is 12.0. The van der Waals surface area contributed by atoms with E-state index in [1.165, 1.54) is 0 Å². The third-order valence-corrected chi connectivity index (χ3v) is 3.84. The van der Waals surface area contributed by atoms with Crippen LogP contribution in [0.2, 0.25) is 0 Å². The van der Waals surface area contributed by atoms with Crippen molar-refractivity contribution in [3.63, 3.8) is 0 Å². The zero-order chi connectivity index (χ0) is 15.9. The van der Waals surface area contributed by atoms with Gasteiger partial charge in [-0.05, 0) is 49.4 Å². The van der Waals surface area contributed by atoms with Crippen molar-refractivity contribution in [3.8, 4) is 5.75 Å². The SMILES string of the molecule is COc1ccc([C@@H](C)NC(=O)CCC(C)(C)CCN)cc1. The lowest BCUT2D eigenvalue weighted by atomic mass is 9.84. The van der Waals surface area contributed by atoms with E-state index in [2.05, 4.69) is 19.2 Å². The van der Waals surface area contributed by atoms with Gasteiger partial charge in [-0.2, -0.15) is 0 Å². The standard InChI is InChI=1S/C17H28N2O2/c1-13(14-5-7-15(21-4)8-6-14)19-16(20)9-10-17(2,3)11-12-18/h5-8,13H,9-12,18H2,1-4H3,(H,19,20)/t13-/m1/s1. The number of benzene rings is 1. The van der Waals surface area contributed by atoms with Crippen LogP contribution in [0.15, 0.2) is 24.3 Å². The molecule has 1 atom stereocenters. The van der Waals surface area contributed by atoms with E-state index in [0.29, 0.717) is 13.0 Å². The molecule has 118 valence electrons. The quantitative estimate of drug-likeness (QED) is 0.774. The summed E-state index contributed by atoms with van der Waals surface area (Å²) in [6.07, 6.45) is 2.33. The Morgan fingerprint density at radius 2 is 1.90 bits per heavy atom. The zero-order valence-corrected chi connectivity index (χ0v) is 13.6. The highest BCUT2D eigenvalue weighted by atomic mass is 16.5. The Balaban J connectivity index is 2.46. The average molecular weight is 292 g/mol. The van der Waals surface area contributed by atoms with E-state index < -0.39 is 0 Å². The summed E-state index contributed by atoms with van der Waals surface area (Å²) in [7, 11) is 1.64. The molecule has 0 spiro atoms. The molecule has 0 fully saturated rings. The van der Waals surface area contributed by atoms with Crippen molar-refractivity contribution < 1.29 is 9.53 Å². The molecule has 0 aromatic heterocycles. The number of nitrogens with two attached hydrogens (primary N) is 1. The molecule has 1 aromatic rings. The molecule has 0 radical (unpaired) electrons. The van der Waals surface area contributed by atoms with Gasteiger partial charge in [0.15, 0.2) is 0 Å². The zero-order valence-electron chi connectivity index (χ0n) is 13.6. The third-order valence-electron chi connectivity index (χ3n) is 3.84. The van der Waals surface area contributed by atoms with E-state index in [-0.39, 0.29) is 17.4 Å². The van der Waals surface area contributed by atoms with Crippen molar-refractivity contribution in [2.75, 3.05) is 13.7 Å². The Kier molecular flexibility index (Phi) is 6.69. The Bertz CT molecular complexity index is 441. The smallest absolute Gasteiger partial charge is 0.220 e. The summed E-state index contributed by atoms with van der Waals surface area (Å²) in [6.45, 7) is 6.96. The molecule has 0 aliphatic carbocycles. The largest absolute Gasteiger partial charge is 0.497 e. The van der Waals surface area contributed by atoms with Crippen molar-refractivity contribution >= 4 is 5.91 Å². The first-order valence-corrected chi connectivity index (χ1v) is 7.51. The molecular formula is C17H28N2O2. The van der Waals surface area contributed by atoms with Gasteiger partial charge in [-0.1, -0.05) is 26.0 Å². The lowest BCUT2D eigenvalue weighted by Gasteiger charge is -2.24. The molecule has 4 heteroatoms. The van der Waals surface area contributed by atoms with Gasteiger partial charge in [0.25, 0.3) is 0 Å². The van der Waals surface area contributed by atoms with Gasteiger partial charge in [-0.3, -0.25) is 4.79 Å². The first-order valence-electron chi connectivity index (χ1n) is 7.51. The molecule has 1 amide bonds. The van der Waals surface area contributed by atoms with Crippen LogP contribution >= 0.6 is 0 Å². The minimum Gasteiger partial charge on any atom is -0.497 e. The summed E-state index contributed by atoms with van der Waals surface area (Å²) in [6, 6.07) is 7.76. The lowest BCUT2D eigenvalue weighted by Crippen LogP contribution is -2.28. The van der Waals surface area contributed by atoms with Crippen LogP contribution in [0.1, 0.15) is 51.6 Å². The summed E-state index contributed by atoms with van der Waals surface area (Å²) in [5, 5.41) is 3.04. The Morgan fingerprint density at radius 3 is 2.43 bits per heavy atom. The molecule has 1 aromatic carbocycles. The number of amides is 1. The minimum atomic E-state index is 0.000951. The van der Waals surface area contributed by atoms with Crippen molar-refractivity contribution in [1.29, 1.82) is 0 Å². The predicted octanol–water partition coefficient (Wildman–Crippen LogP) is 3.03. The van der Waals surface area contributed by atoms with Gasteiger partial charge < -0.3 is 15.8 Å². The normalized spacial score (nSPS) is 12.8. The van der Waals surface area contributed by atoms with Gasteiger partial charge in [-0.25, -0.2) is 0 Å². The molecule has 0 saturated carbocycles. The van der Waals surface area contributed by atoms with Crippen LogP contribution < -0.4 is 15.8 Å². The summed E-state index contributed by atoms with van der Waals surface area (Å²) in [5.41, 5.74) is 6.79. The molecule has 0 heterocycles. The molecule has 0 saturated heterocycles. The summed E-state index contributed by atoms with van der Waals surface area (Å²) < 4.78 is 5.13. The number of hydrogen-bond donors (Lipinski definition) is 2. The molecular weight excluding hydrogens is 264 g/mol. The van der Waals surface area contributed by atoms with E-state index in [4.69, 9.17) is 10.5 Å². The maximum atomic E-state index is 12.0. The van der Waals surface area contributed by atoms with E-state index in [1.54, 1.807) is 7.11 Å². The molecule has 0 unspecified atom stereocenters. The monoisotopic (exact) mass is 292 g/mol. The van der Waals surface area contributed by atoms with E-state index >= 15 is 0 Å². The van der Waals surface area contributed by atoms with Crippen molar-refractivity contribution in [2.45, 2.75) is 46.1 Å². The number of hydrogen-bond acceptors (Lipinski definition) is 3. The second-order valence-electron chi connectivity index (χ2n) is 6.27. The highest BCUT2D eigenvalue weighted by Gasteiger charge is 2.19. The highest BCUT2D eigenvalue weighted by Crippen LogP contribution is 2.26. The van der Waals surface area contributed by atoms with Crippen LogP contribution in [-0.4, -0.2) is 19.6 Å². The molecule has 0 aliphatic rings. The second-order valence-corrected chi connectivity index (χ2v) is 6.27.